The summed E-state index contributed by atoms with van der Waals surface area (Å²) in [7, 11) is 0. The van der Waals surface area contributed by atoms with E-state index in [1.807, 2.05) is 28.8 Å². The van der Waals surface area contributed by atoms with Gasteiger partial charge in [0.25, 0.3) is 0 Å². The Hall–Kier alpha value is -2.06. The first-order valence-corrected chi connectivity index (χ1v) is 10.5. The number of aromatic nitrogens is 3. The zero-order valence-electron chi connectivity index (χ0n) is 16.3. The number of amides is 3. The summed E-state index contributed by atoms with van der Waals surface area (Å²) in [5.74, 6) is 0.695. The monoisotopic (exact) mass is 423 g/mol. The second-order valence-corrected chi connectivity index (χ2v) is 8.53. The van der Waals surface area contributed by atoms with Gasteiger partial charge in [0.15, 0.2) is 11.0 Å². The molecule has 0 spiro atoms. The number of hydrogen-bond donors (Lipinski definition) is 2. The van der Waals surface area contributed by atoms with Crippen LogP contribution in [0, 0.1) is 5.92 Å². The van der Waals surface area contributed by atoms with Crippen molar-refractivity contribution in [2.45, 2.75) is 57.0 Å². The Balaban J connectivity index is 2.29. The molecule has 0 fully saturated rings. The maximum absolute atomic E-state index is 12.0. The summed E-state index contributed by atoms with van der Waals surface area (Å²) in [6.07, 6.45) is 3.39. The van der Waals surface area contributed by atoms with Crippen LogP contribution in [0.25, 0.3) is 11.4 Å². The first-order valence-electron chi connectivity index (χ1n) is 9.27. The number of halogens is 1. The molecule has 28 heavy (non-hydrogen) atoms. The van der Waals surface area contributed by atoms with E-state index in [0.717, 1.165) is 37.2 Å². The molecule has 0 aliphatic heterocycles. The first-order chi connectivity index (χ1) is 13.3. The standard InChI is InChI=1S/C19H26ClN5O2S/c1-4-5-6-12(2)11-25-16(14-7-9-15(20)10-8-14)23-24-19(25)28-13(3)17(26)22-18(21)27/h7-10,12-13H,4-6,11H2,1-3H3,(H3,21,22,26,27)/t12-,13+/m0/s1. The molecule has 1 aromatic heterocycles. The molecule has 1 aromatic carbocycles. The Kier molecular flexibility index (Phi) is 8.32. The van der Waals surface area contributed by atoms with E-state index in [9.17, 15) is 9.59 Å². The van der Waals surface area contributed by atoms with Gasteiger partial charge < -0.3 is 10.3 Å². The number of thioether (sulfide) groups is 1. The maximum atomic E-state index is 12.0. The molecule has 152 valence electrons. The average molecular weight is 424 g/mol. The van der Waals surface area contributed by atoms with Crippen LogP contribution in [-0.2, 0) is 11.3 Å². The van der Waals surface area contributed by atoms with E-state index in [1.54, 1.807) is 6.92 Å². The molecule has 2 atom stereocenters. The Morgan fingerprint density at radius 3 is 2.54 bits per heavy atom. The highest BCUT2D eigenvalue weighted by Gasteiger charge is 2.22. The fourth-order valence-electron chi connectivity index (χ4n) is 2.74. The van der Waals surface area contributed by atoms with Crippen molar-refractivity contribution in [2.24, 2.45) is 11.7 Å². The van der Waals surface area contributed by atoms with Crippen molar-refractivity contribution >= 4 is 35.3 Å². The highest BCUT2D eigenvalue weighted by Crippen LogP contribution is 2.29. The average Bonchev–Trinajstić information content (AvgIpc) is 3.02. The third kappa shape index (κ3) is 6.24. The molecule has 0 aliphatic rings. The predicted octanol–water partition coefficient (Wildman–Crippen LogP) is 4.10. The van der Waals surface area contributed by atoms with Gasteiger partial charge in [-0.1, -0.05) is 50.1 Å². The normalized spacial score (nSPS) is 13.1. The third-order valence-electron chi connectivity index (χ3n) is 4.26. The minimum Gasteiger partial charge on any atom is -0.351 e. The number of nitrogens with one attached hydrogen (secondary N) is 1. The van der Waals surface area contributed by atoms with Gasteiger partial charge in [0.05, 0.1) is 5.25 Å². The molecule has 0 saturated heterocycles. The molecule has 0 radical (unpaired) electrons. The minimum absolute atomic E-state index is 0.427. The van der Waals surface area contributed by atoms with E-state index in [4.69, 9.17) is 17.3 Å². The summed E-state index contributed by atoms with van der Waals surface area (Å²) in [5, 5.41) is 11.5. The Labute approximate surface area is 174 Å². The fraction of sp³-hybridized carbons (Fsp3) is 0.474. The number of carbonyl (C=O) groups is 2. The summed E-state index contributed by atoms with van der Waals surface area (Å²) < 4.78 is 2.03. The van der Waals surface area contributed by atoms with Gasteiger partial charge >= 0.3 is 6.03 Å². The number of nitrogens with two attached hydrogens (primary N) is 1. The SMILES string of the molecule is CCCC[C@H](C)Cn1c(S[C@H](C)C(=O)NC(N)=O)nnc1-c1ccc(Cl)cc1. The molecule has 0 saturated carbocycles. The van der Waals surface area contributed by atoms with Crippen LogP contribution in [0.1, 0.15) is 40.0 Å². The van der Waals surface area contributed by atoms with Crippen LogP contribution >= 0.6 is 23.4 Å². The van der Waals surface area contributed by atoms with Crippen molar-refractivity contribution in [3.05, 3.63) is 29.3 Å². The topological polar surface area (TPSA) is 103 Å². The van der Waals surface area contributed by atoms with Crippen LogP contribution in [0.3, 0.4) is 0 Å². The van der Waals surface area contributed by atoms with E-state index in [0.29, 0.717) is 16.1 Å². The zero-order valence-corrected chi connectivity index (χ0v) is 17.9. The van der Waals surface area contributed by atoms with Crippen molar-refractivity contribution in [3.8, 4) is 11.4 Å². The number of imide groups is 1. The minimum atomic E-state index is -0.867. The molecule has 0 unspecified atom stereocenters. The molecule has 3 N–H and O–H groups in total. The lowest BCUT2D eigenvalue weighted by molar-refractivity contribution is -0.119. The van der Waals surface area contributed by atoms with Crippen LogP contribution in [0.15, 0.2) is 29.4 Å². The molecule has 0 aliphatic carbocycles. The molecule has 2 rings (SSSR count). The number of rotatable bonds is 9. The molecular weight excluding hydrogens is 398 g/mol. The molecule has 9 heteroatoms. The number of hydrogen-bond acceptors (Lipinski definition) is 5. The van der Waals surface area contributed by atoms with Crippen molar-refractivity contribution in [2.75, 3.05) is 0 Å². The van der Waals surface area contributed by atoms with Crippen molar-refractivity contribution in [3.63, 3.8) is 0 Å². The molecule has 3 amide bonds. The molecule has 7 nitrogen and oxygen atoms in total. The first kappa shape index (κ1) is 22.2. The number of benzene rings is 1. The van der Waals surface area contributed by atoms with E-state index in [-0.39, 0.29) is 0 Å². The van der Waals surface area contributed by atoms with Gasteiger partial charge in [-0.15, -0.1) is 10.2 Å². The van der Waals surface area contributed by atoms with Gasteiger partial charge in [-0.25, -0.2) is 4.79 Å². The third-order valence-corrected chi connectivity index (χ3v) is 5.59. The number of primary amides is 1. The van der Waals surface area contributed by atoms with Crippen LogP contribution in [0.5, 0.6) is 0 Å². The van der Waals surface area contributed by atoms with Crippen LogP contribution < -0.4 is 11.1 Å². The summed E-state index contributed by atoms with van der Waals surface area (Å²) in [6, 6.07) is 6.56. The maximum Gasteiger partial charge on any atom is 0.318 e. The summed E-state index contributed by atoms with van der Waals surface area (Å²) in [5.41, 5.74) is 5.94. The number of carbonyl (C=O) groups excluding carboxylic acids is 2. The van der Waals surface area contributed by atoms with Crippen molar-refractivity contribution < 1.29 is 9.59 Å². The lowest BCUT2D eigenvalue weighted by Crippen LogP contribution is -2.39. The van der Waals surface area contributed by atoms with E-state index in [1.165, 1.54) is 11.8 Å². The molecule has 0 bridgehead atoms. The van der Waals surface area contributed by atoms with Crippen LogP contribution in [0.2, 0.25) is 5.02 Å². The predicted molar refractivity (Wildman–Crippen MR) is 112 cm³/mol. The number of unbranched alkanes of at least 4 members (excludes halogenated alkanes) is 1. The second kappa shape index (κ2) is 10.5. The quantitative estimate of drug-likeness (QED) is 0.591. The largest absolute Gasteiger partial charge is 0.351 e. The van der Waals surface area contributed by atoms with Crippen LogP contribution in [0.4, 0.5) is 4.79 Å². The van der Waals surface area contributed by atoms with E-state index < -0.39 is 17.2 Å². The van der Waals surface area contributed by atoms with Gasteiger partial charge in [0.1, 0.15) is 0 Å². The van der Waals surface area contributed by atoms with Crippen LogP contribution in [-0.4, -0.2) is 32.0 Å². The Morgan fingerprint density at radius 2 is 1.93 bits per heavy atom. The van der Waals surface area contributed by atoms with Crippen molar-refractivity contribution in [1.29, 1.82) is 0 Å². The van der Waals surface area contributed by atoms with E-state index in [2.05, 4.69) is 29.4 Å². The summed E-state index contributed by atoms with van der Waals surface area (Å²) in [4.78, 5) is 23.0. The van der Waals surface area contributed by atoms with Gasteiger partial charge in [-0.05, 0) is 43.5 Å². The van der Waals surface area contributed by atoms with E-state index >= 15 is 0 Å². The lowest BCUT2D eigenvalue weighted by atomic mass is 10.0. The Bertz CT molecular complexity index is 809. The van der Waals surface area contributed by atoms with Gasteiger partial charge in [-0.2, -0.15) is 0 Å². The smallest absolute Gasteiger partial charge is 0.318 e. The zero-order chi connectivity index (χ0) is 20.7. The highest BCUT2D eigenvalue weighted by atomic mass is 35.5. The second-order valence-electron chi connectivity index (χ2n) is 6.78. The van der Waals surface area contributed by atoms with Gasteiger partial charge in [0.2, 0.25) is 5.91 Å². The van der Waals surface area contributed by atoms with Gasteiger partial charge in [0, 0.05) is 17.1 Å². The summed E-state index contributed by atoms with van der Waals surface area (Å²) in [6.45, 7) is 6.80. The van der Waals surface area contributed by atoms with Crippen molar-refractivity contribution in [1.82, 2.24) is 20.1 Å². The number of urea groups is 1. The molecular formula is C19H26ClN5O2S. The van der Waals surface area contributed by atoms with Gasteiger partial charge in [-0.3, -0.25) is 10.1 Å². The molecule has 1 heterocycles. The molecule has 2 aromatic rings. The summed E-state index contributed by atoms with van der Waals surface area (Å²) >= 11 is 7.25. The lowest BCUT2D eigenvalue weighted by Gasteiger charge is -2.17. The fourth-order valence-corrected chi connectivity index (χ4v) is 3.73. The Morgan fingerprint density at radius 1 is 1.25 bits per heavy atom. The highest BCUT2D eigenvalue weighted by molar-refractivity contribution is 8.00. The number of nitrogens with zero attached hydrogens (tertiary/aromatic N) is 3.